The van der Waals surface area contributed by atoms with Crippen LogP contribution in [0.15, 0.2) is 97.1 Å². The van der Waals surface area contributed by atoms with Crippen LogP contribution in [-0.4, -0.2) is 16.3 Å². The SMILES string of the molecule is C.CC(=O)Cl.CCc1cc(-c2ccccc2)ccc1O.CCc1cc(-c2ccccc2)ccc1OC(C)=O. The van der Waals surface area contributed by atoms with Gasteiger partial charge in [-0.1, -0.05) is 94.1 Å². The van der Waals surface area contributed by atoms with E-state index in [9.17, 15) is 14.7 Å². The van der Waals surface area contributed by atoms with Gasteiger partial charge in [0.15, 0.2) is 0 Å². The van der Waals surface area contributed by atoms with Gasteiger partial charge in [0.05, 0.1) is 0 Å². The number of benzene rings is 4. The number of esters is 1. The van der Waals surface area contributed by atoms with Crippen LogP contribution < -0.4 is 4.74 Å². The van der Waals surface area contributed by atoms with Gasteiger partial charge in [-0.2, -0.15) is 0 Å². The van der Waals surface area contributed by atoms with Gasteiger partial charge in [0.1, 0.15) is 11.5 Å². The van der Waals surface area contributed by atoms with Crippen molar-refractivity contribution in [3.63, 3.8) is 0 Å². The van der Waals surface area contributed by atoms with Crippen LogP contribution in [-0.2, 0) is 22.4 Å². The molecule has 0 saturated heterocycles. The molecule has 4 aromatic rings. The zero-order valence-electron chi connectivity index (χ0n) is 21.7. The lowest BCUT2D eigenvalue weighted by molar-refractivity contribution is -0.131. The largest absolute Gasteiger partial charge is 0.508 e. The highest BCUT2D eigenvalue weighted by Crippen LogP contribution is 2.27. The Balaban J connectivity index is 0.000000329. The van der Waals surface area contributed by atoms with Crippen LogP contribution in [0.2, 0.25) is 0 Å². The zero-order valence-corrected chi connectivity index (χ0v) is 22.5. The summed E-state index contributed by atoms with van der Waals surface area (Å²) < 4.78 is 5.19. The predicted octanol–water partition coefficient (Wildman–Crippen LogP) is 8.87. The van der Waals surface area contributed by atoms with Crippen LogP contribution in [0.25, 0.3) is 22.3 Å². The van der Waals surface area contributed by atoms with E-state index in [1.807, 2.05) is 67.6 Å². The molecule has 0 aliphatic heterocycles. The molecule has 0 atom stereocenters. The van der Waals surface area contributed by atoms with Gasteiger partial charge in [0.2, 0.25) is 5.24 Å². The van der Waals surface area contributed by atoms with Crippen molar-refractivity contribution in [2.75, 3.05) is 0 Å². The number of hydrogen-bond acceptors (Lipinski definition) is 4. The molecule has 200 valence electrons. The Hall–Kier alpha value is -3.89. The summed E-state index contributed by atoms with van der Waals surface area (Å²) >= 11 is 4.64. The van der Waals surface area contributed by atoms with Gasteiger partial charge >= 0.3 is 5.97 Å². The Bertz CT molecular complexity index is 1280. The van der Waals surface area contributed by atoms with E-state index in [0.717, 1.165) is 35.1 Å². The molecule has 0 aliphatic rings. The topological polar surface area (TPSA) is 63.6 Å². The van der Waals surface area contributed by atoms with E-state index in [0.29, 0.717) is 11.5 Å². The lowest BCUT2D eigenvalue weighted by atomic mass is 10.0. The standard InChI is InChI=1S/C16H16O2.C14H14O.C2H3ClO.CH4/c1-3-13-11-15(14-7-5-4-6-8-14)9-10-16(13)18-12(2)17;1-2-11-10-13(8-9-14(11)15)12-6-4-3-5-7-12;1-2(3)4;/h4-11H,3H2,1-2H3;3-10,15H,2H2,1H3;1H3;1H4. The minimum absolute atomic E-state index is 0. The van der Waals surface area contributed by atoms with Crippen LogP contribution in [0.4, 0.5) is 0 Å². The van der Waals surface area contributed by atoms with E-state index in [1.54, 1.807) is 6.07 Å². The average molecular weight is 533 g/mol. The highest BCUT2D eigenvalue weighted by molar-refractivity contribution is 6.62. The lowest BCUT2D eigenvalue weighted by Crippen LogP contribution is -2.03. The van der Waals surface area contributed by atoms with Crippen molar-refractivity contribution in [2.45, 2.75) is 48.0 Å². The molecule has 0 heterocycles. The van der Waals surface area contributed by atoms with Crippen molar-refractivity contribution in [1.29, 1.82) is 0 Å². The van der Waals surface area contributed by atoms with Crippen molar-refractivity contribution in [3.8, 4) is 33.8 Å². The first-order valence-electron chi connectivity index (χ1n) is 12.1. The van der Waals surface area contributed by atoms with E-state index >= 15 is 0 Å². The summed E-state index contributed by atoms with van der Waals surface area (Å²) in [5, 5.41) is 9.22. The number of phenols is 1. The van der Waals surface area contributed by atoms with Crippen LogP contribution >= 0.6 is 11.6 Å². The first-order valence-corrected chi connectivity index (χ1v) is 12.5. The first-order chi connectivity index (χ1) is 17.7. The van der Waals surface area contributed by atoms with Crippen molar-refractivity contribution in [2.24, 2.45) is 0 Å². The number of phenolic OH excluding ortho intramolecular Hbond substituents is 1. The quantitative estimate of drug-likeness (QED) is 0.158. The third-order valence-electron chi connectivity index (χ3n) is 5.37. The van der Waals surface area contributed by atoms with Crippen LogP contribution in [0.1, 0.15) is 46.2 Å². The maximum Gasteiger partial charge on any atom is 0.308 e. The molecule has 0 radical (unpaired) electrons. The average Bonchev–Trinajstić information content (AvgIpc) is 2.90. The first kappa shape index (κ1) is 32.1. The van der Waals surface area contributed by atoms with Crippen molar-refractivity contribution >= 4 is 22.8 Å². The molecule has 0 unspecified atom stereocenters. The number of halogens is 1. The molecular formula is C33H37ClO4. The Morgan fingerprint density at radius 2 is 1.11 bits per heavy atom. The number of aryl methyl sites for hydroxylation is 2. The molecule has 4 nitrogen and oxygen atoms in total. The molecule has 38 heavy (non-hydrogen) atoms. The van der Waals surface area contributed by atoms with Crippen molar-refractivity contribution < 1.29 is 19.4 Å². The fraction of sp³-hybridized carbons (Fsp3) is 0.212. The van der Waals surface area contributed by atoms with Gasteiger partial charge in [-0.3, -0.25) is 9.59 Å². The molecule has 4 rings (SSSR count). The van der Waals surface area contributed by atoms with Gasteiger partial charge in [-0.25, -0.2) is 0 Å². The predicted molar refractivity (Wildman–Crippen MR) is 159 cm³/mol. The molecule has 1 N–H and O–H groups in total. The maximum atomic E-state index is 11.0. The number of carbonyl (C=O) groups excluding carboxylic acids is 2. The maximum absolute atomic E-state index is 11.0. The third-order valence-corrected chi connectivity index (χ3v) is 5.37. The normalized spacial score (nSPS) is 9.50. The molecule has 0 bridgehead atoms. The number of carbonyl (C=O) groups is 2. The molecule has 0 aromatic heterocycles. The molecular weight excluding hydrogens is 496 g/mol. The van der Waals surface area contributed by atoms with E-state index in [-0.39, 0.29) is 18.6 Å². The molecule has 0 saturated carbocycles. The Labute approximate surface area is 231 Å². The second-order valence-electron chi connectivity index (χ2n) is 8.17. The van der Waals surface area contributed by atoms with E-state index < -0.39 is 0 Å². The summed E-state index contributed by atoms with van der Waals surface area (Å²) in [5.41, 5.74) is 6.70. The van der Waals surface area contributed by atoms with Crippen LogP contribution in [0.5, 0.6) is 11.5 Å². The zero-order chi connectivity index (χ0) is 27.2. The fourth-order valence-corrected chi connectivity index (χ4v) is 3.60. The lowest BCUT2D eigenvalue weighted by Gasteiger charge is -2.10. The molecule has 4 aromatic carbocycles. The molecule has 5 heteroatoms. The number of ether oxygens (including phenoxy) is 1. The van der Waals surface area contributed by atoms with Crippen molar-refractivity contribution in [3.05, 3.63) is 108 Å². The van der Waals surface area contributed by atoms with Crippen LogP contribution in [0, 0.1) is 0 Å². The Morgan fingerprint density at radius 3 is 1.53 bits per heavy atom. The number of rotatable bonds is 5. The van der Waals surface area contributed by atoms with Crippen LogP contribution in [0.3, 0.4) is 0 Å². The summed E-state index contributed by atoms with van der Waals surface area (Å²) in [6.07, 6.45) is 1.69. The van der Waals surface area contributed by atoms with E-state index in [2.05, 4.69) is 48.9 Å². The third kappa shape index (κ3) is 10.6. The minimum atomic E-state index is -0.361. The second kappa shape index (κ2) is 16.8. The molecule has 0 fully saturated rings. The summed E-state index contributed by atoms with van der Waals surface area (Å²) in [6, 6.07) is 32.0. The van der Waals surface area contributed by atoms with Gasteiger partial charge in [0.25, 0.3) is 0 Å². The molecule has 0 aliphatic carbocycles. The van der Waals surface area contributed by atoms with Gasteiger partial charge in [-0.15, -0.1) is 0 Å². The Kier molecular flexibility index (Phi) is 14.2. The minimum Gasteiger partial charge on any atom is -0.508 e. The fourth-order valence-electron chi connectivity index (χ4n) is 3.60. The monoisotopic (exact) mass is 532 g/mol. The summed E-state index contributed by atoms with van der Waals surface area (Å²) in [4.78, 5) is 20.2. The smallest absolute Gasteiger partial charge is 0.308 e. The van der Waals surface area contributed by atoms with E-state index in [1.165, 1.54) is 25.0 Å². The summed E-state index contributed by atoms with van der Waals surface area (Å²) in [7, 11) is 0. The number of aromatic hydroxyl groups is 1. The van der Waals surface area contributed by atoms with Crippen molar-refractivity contribution in [1.82, 2.24) is 0 Å². The highest BCUT2D eigenvalue weighted by atomic mass is 35.5. The van der Waals surface area contributed by atoms with Gasteiger partial charge in [-0.05, 0) is 82.1 Å². The second-order valence-corrected chi connectivity index (χ2v) is 8.70. The van der Waals surface area contributed by atoms with E-state index in [4.69, 9.17) is 4.74 Å². The summed E-state index contributed by atoms with van der Waals surface area (Å²) in [5.74, 6) is 0.763. The highest BCUT2D eigenvalue weighted by Gasteiger charge is 2.07. The Morgan fingerprint density at radius 1 is 0.684 bits per heavy atom. The number of hydrogen-bond donors (Lipinski definition) is 1. The molecule has 0 amide bonds. The molecule has 0 spiro atoms. The van der Waals surface area contributed by atoms with Gasteiger partial charge < -0.3 is 9.84 Å². The van der Waals surface area contributed by atoms with Gasteiger partial charge in [0, 0.05) is 13.8 Å². The summed E-state index contributed by atoms with van der Waals surface area (Å²) in [6.45, 7) is 6.81.